The highest BCUT2D eigenvalue weighted by Crippen LogP contribution is 2.37. The van der Waals surface area contributed by atoms with E-state index in [2.05, 4.69) is 108 Å². The van der Waals surface area contributed by atoms with E-state index in [0.717, 1.165) is 89.5 Å². The Hall–Kier alpha value is -6.14. The van der Waals surface area contributed by atoms with Gasteiger partial charge in [-0.15, -0.1) is 0 Å². The SMILES string of the molecule is c1ccc(-n2c(-c3ccc4c(c3)B3c5cc(-c6cc7ccccc7cn6)ccc5Oc5cccc(c53)O4)nc3ccccc32)cc1. The molecule has 6 heteroatoms. The third-order valence-electron chi connectivity index (χ3n) is 9.16. The first-order valence-electron chi connectivity index (χ1n) is 15.4. The van der Waals surface area contributed by atoms with Crippen molar-refractivity contribution in [3.63, 3.8) is 0 Å². The van der Waals surface area contributed by atoms with Gasteiger partial charge in [0, 0.05) is 28.3 Å². The zero-order valence-corrected chi connectivity index (χ0v) is 24.6. The topological polar surface area (TPSA) is 49.2 Å². The molecule has 8 aromatic rings. The fourth-order valence-electron chi connectivity index (χ4n) is 7.03. The summed E-state index contributed by atoms with van der Waals surface area (Å²) in [5.74, 6) is 4.20. The van der Waals surface area contributed by atoms with Crippen LogP contribution in [0.5, 0.6) is 23.0 Å². The lowest BCUT2D eigenvalue weighted by Crippen LogP contribution is -2.57. The second kappa shape index (κ2) is 9.68. The van der Waals surface area contributed by atoms with Crippen LogP contribution < -0.4 is 25.9 Å². The Balaban J connectivity index is 1.18. The molecule has 0 aliphatic carbocycles. The van der Waals surface area contributed by atoms with Gasteiger partial charge in [-0.3, -0.25) is 9.55 Å². The van der Waals surface area contributed by atoms with Gasteiger partial charge in [0.25, 0.3) is 6.71 Å². The van der Waals surface area contributed by atoms with Gasteiger partial charge in [0.2, 0.25) is 0 Å². The number of ether oxygens (including phenoxy) is 2. The summed E-state index contributed by atoms with van der Waals surface area (Å²) in [7, 11) is 0. The molecule has 6 aromatic carbocycles. The molecule has 2 aromatic heterocycles. The maximum absolute atomic E-state index is 6.55. The third kappa shape index (κ3) is 3.77. The summed E-state index contributed by atoms with van der Waals surface area (Å²) in [6.07, 6.45) is 1.95. The van der Waals surface area contributed by atoms with Crippen LogP contribution in [0.1, 0.15) is 0 Å². The van der Waals surface area contributed by atoms with Crippen LogP contribution in [0.4, 0.5) is 0 Å². The number of para-hydroxylation sites is 3. The third-order valence-corrected chi connectivity index (χ3v) is 9.16. The Kier molecular flexibility index (Phi) is 5.31. The minimum absolute atomic E-state index is 0.0892. The molecule has 0 atom stereocenters. The maximum Gasteiger partial charge on any atom is 0.260 e. The number of pyridine rings is 1. The number of hydrogen-bond acceptors (Lipinski definition) is 4. The Bertz CT molecular complexity index is 2490. The molecule has 2 aliphatic heterocycles. The minimum Gasteiger partial charge on any atom is -0.458 e. The number of rotatable bonds is 3. The lowest BCUT2D eigenvalue weighted by atomic mass is 9.34. The van der Waals surface area contributed by atoms with E-state index in [1.54, 1.807) is 0 Å². The summed E-state index contributed by atoms with van der Waals surface area (Å²) in [6, 6.07) is 48.1. The molecule has 0 unspecified atom stereocenters. The molecule has 0 fully saturated rings. The summed E-state index contributed by atoms with van der Waals surface area (Å²) in [5.41, 5.74) is 9.28. The first-order chi connectivity index (χ1) is 22.8. The number of imidazole rings is 1. The number of hydrogen-bond donors (Lipinski definition) is 0. The zero-order chi connectivity index (χ0) is 30.2. The fraction of sp³-hybridized carbons (Fsp3) is 0. The Labute approximate surface area is 265 Å². The van der Waals surface area contributed by atoms with Crippen LogP contribution in [-0.4, -0.2) is 21.2 Å². The zero-order valence-electron chi connectivity index (χ0n) is 24.6. The second-order valence-corrected chi connectivity index (χ2v) is 11.8. The van der Waals surface area contributed by atoms with E-state index in [1.807, 2.05) is 42.6 Å². The first kappa shape index (κ1) is 25.2. The van der Waals surface area contributed by atoms with Crippen molar-refractivity contribution in [1.82, 2.24) is 14.5 Å². The van der Waals surface area contributed by atoms with Gasteiger partial charge in [0.1, 0.15) is 28.8 Å². The molecule has 0 amide bonds. The normalized spacial score (nSPS) is 12.7. The Morgan fingerprint density at radius 3 is 2.02 bits per heavy atom. The highest BCUT2D eigenvalue weighted by Gasteiger charge is 2.40. The van der Waals surface area contributed by atoms with E-state index in [1.165, 1.54) is 0 Å². The average molecular weight is 589 g/mol. The maximum atomic E-state index is 6.55. The van der Waals surface area contributed by atoms with Gasteiger partial charge in [-0.2, -0.15) is 0 Å². The number of benzene rings is 6. The van der Waals surface area contributed by atoms with Crippen molar-refractivity contribution in [2.75, 3.05) is 0 Å². The van der Waals surface area contributed by atoms with Gasteiger partial charge >= 0.3 is 0 Å². The van der Waals surface area contributed by atoms with Gasteiger partial charge < -0.3 is 9.47 Å². The van der Waals surface area contributed by atoms with Gasteiger partial charge in [-0.1, -0.05) is 72.8 Å². The van der Waals surface area contributed by atoms with Gasteiger partial charge in [0.05, 0.1) is 16.7 Å². The molecule has 2 aliphatic rings. The van der Waals surface area contributed by atoms with Crippen molar-refractivity contribution in [1.29, 1.82) is 0 Å². The molecule has 5 nitrogen and oxygen atoms in total. The van der Waals surface area contributed by atoms with E-state index in [-0.39, 0.29) is 6.71 Å². The van der Waals surface area contributed by atoms with Crippen LogP contribution in [0.2, 0.25) is 0 Å². The predicted octanol–water partition coefficient (Wildman–Crippen LogP) is 7.64. The largest absolute Gasteiger partial charge is 0.458 e. The minimum atomic E-state index is -0.0892. The van der Waals surface area contributed by atoms with E-state index in [9.17, 15) is 0 Å². The van der Waals surface area contributed by atoms with E-state index in [0.29, 0.717) is 0 Å². The molecule has 10 rings (SSSR count). The van der Waals surface area contributed by atoms with Gasteiger partial charge in [-0.05, 0) is 88.6 Å². The standard InChI is InChI=1S/C40H24BN3O2/c1-2-11-29(12-3-1)44-34-14-7-6-13-32(34)43-40(44)27-18-20-36-31(22-27)41-30-21-26(33-23-25-9-4-5-10-28(25)24-42-33)17-19-35(30)45-37-15-8-16-38(46-36)39(37)41/h1-24H. The number of fused-ring (bicyclic) bond motifs is 6. The molecule has 0 saturated carbocycles. The highest BCUT2D eigenvalue weighted by atomic mass is 16.5. The molecule has 4 heterocycles. The molecule has 214 valence electrons. The molecule has 46 heavy (non-hydrogen) atoms. The van der Waals surface area contributed by atoms with Crippen LogP contribution >= 0.6 is 0 Å². The van der Waals surface area contributed by atoms with Crippen molar-refractivity contribution in [2.24, 2.45) is 0 Å². The molecular weight excluding hydrogens is 565 g/mol. The predicted molar refractivity (Wildman–Crippen MR) is 185 cm³/mol. The monoisotopic (exact) mass is 589 g/mol. The van der Waals surface area contributed by atoms with Crippen LogP contribution in [0.3, 0.4) is 0 Å². The summed E-state index contributed by atoms with van der Waals surface area (Å²) in [5, 5.41) is 2.29. The van der Waals surface area contributed by atoms with Crippen LogP contribution in [0, 0.1) is 0 Å². The summed E-state index contributed by atoms with van der Waals surface area (Å²) in [6.45, 7) is -0.0892. The molecule has 0 spiro atoms. The molecule has 0 radical (unpaired) electrons. The van der Waals surface area contributed by atoms with Gasteiger partial charge in [-0.25, -0.2) is 4.98 Å². The van der Waals surface area contributed by atoms with Crippen molar-refractivity contribution >= 4 is 44.9 Å². The second-order valence-electron chi connectivity index (χ2n) is 11.8. The van der Waals surface area contributed by atoms with Crippen molar-refractivity contribution in [2.45, 2.75) is 0 Å². The van der Waals surface area contributed by atoms with Gasteiger partial charge in [0.15, 0.2) is 0 Å². The molecule has 0 bridgehead atoms. The van der Waals surface area contributed by atoms with E-state index >= 15 is 0 Å². The Morgan fingerprint density at radius 1 is 0.543 bits per heavy atom. The van der Waals surface area contributed by atoms with Crippen molar-refractivity contribution < 1.29 is 9.47 Å². The van der Waals surface area contributed by atoms with Crippen LogP contribution in [0.15, 0.2) is 146 Å². The quantitative estimate of drug-likeness (QED) is 0.199. The fourth-order valence-corrected chi connectivity index (χ4v) is 7.03. The Morgan fingerprint density at radius 2 is 1.22 bits per heavy atom. The van der Waals surface area contributed by atoms with Crippen molar-refractivity contribution in [3.05, 3.63) is 146 Å². The number of nitrogens with zero attached hydrogens (tertiary/aromatic N) is 3. The van der Waals surface area contributed by atoms with E-state index < -0.39 is 0 Å². The molecular formula is C40H24BN3O2. The summed E-state index contributed by atoms with van der Waals surface area (Å²) >= 11 is 0. The van der Waals surface area contributed by atoms with E-state index in [4.69, 9.17) is 19.4 Å². The molecule has 0 N–H and O–H groups in total. The molecule has 0 saturated heterocycles. The number of aromatic nitrogens is 3. The lowest BCUT2D eigenvalue weighted by Gasteiger charge is -2.33. The summed E-state index contributed by atoms with van der Waals surface area (Å²) < 4.78 is 15.3. The van der Waals surface area contributed by atoms with Crippen molar-refractivity contribution in [3.8, 4) is 51.3 Å². The smallest absolute Gasteiger partial charge is 0.260 e. The van der Waals surface area contributed by atoms with Crippen LogP contribution in [0.25, 0.3) is 50.1 Å². The average Bonchev–Trinajstić information content (AvgIpc) is 3.51. The summed E-state index contributed by atoms with van der Waals surface area (Å²) in [4.78, 5) is 9.98. The lowest BCUT2D eigenvalue weighted by molar-refractivity contribution is 0.464. The highest BCUT2D eigenvalue weighted by molar-refractivity contribution is 6.98. The first-order valence-corrected chi connectivity index (χ1v) is 15.4. The van der Waals surface area contributed by atoms with Crippen LogP contribution in [-0.2, 0) is 0 Å².